The van der Waals surface area contributed by atoms with Gasteiger partial charge in [0.15, 0.2) is 0 Å². The largest absolute Gasteiger partial charge is 0.396 e. The molecule has 0 fully saturated rings. The highest BCUT2D eigenvalue weighted by Gasteiger charge is 1.93. The quantitative estimate of drug-likeness (QED) is 0.726. The second-order valence-electron chi connectivity index (χ2n) is 2.73. The van der Waals surface area contributed by atoms with Gasteiger partial charge in [0, 0.05) is 13.0 Å². The summed E-state index contributed by atoms with van der Waals surface area (Å²) in [5, 5.41) is 8.63. The number of aliphatic hydroxyl groups excluding tert-OH is 1. The molecule has 0 aromatic heterocycles. The van der Waals surface area contributed by atoms with Crippen molar-refractivity contribution < 1.29 is 9.50 Å². The second kappa shape index (κ2) is 4.88. The van der Waals surface area contributed by atoms with Crippen molar-refractivity contribution in [1.29, 1.82) is 0 Å². The lowest BCUT2D eigenvalue weighted by atomic mass is 10.1. The molecule has 0 saturated heterocycles. The monoisotopic (exact) mass is 168 g/mol. The average molecular weight is 168 g/mol. The number of hydrogen-bond donors (Lipinski definition) is 1. The fraction of sp³-hybridized carbons (Fsp3) is 0.400. The van der Waals surface area contributed by atoms with Gasteiger partial charge in [0.1, 0.15) is 0 Å². The van der Waals surface area contributed by atoms with Crippen LogP contribution >= 0.6 is 0 Å². The van der Waals surface area contributed by atoms with Crippen LogP contribution in [0.3, 0.4) is 0 Å². The highest BCUT2D eigenvalue weighted by Crippen LogP contribution is 2.05. The first-order valence-corrected chi connectivity index (χ1v) is 4.11. The molecule has 0 aliphatic rings. The van der Waals surface area contributed by atoms with Crippen LogP contribution in [0.1, 0.15) is 11.1 Å². The topological polar surface area (TPSA) is 20.2 Å². The number of aliphatic hydroxyl groups is 1. The van der Waals surface area contributed by atoms with Crippen LogP contribution in [0, 0.1) is 0 Å². The fourth-order valence-electron chi connectivity index (χ4n) is 1.11. The smallest absolute Gasteiger partial charge is 0.0934 e. The molecular weight excluding hydrogens is 155 g/mol. The zero-order valence-corrected chi connectivity index (χ0v) is 6.96. The summed E-state index contributed by atoms with van der Waals surface area (Å²) >= 11 is 0. The van der Waals surface area contributed by atoms with Crippen molar-refractivity contribution in [2.45, 2.75) is 12.8 Å². The van der Waals surface area contributed by atoms with E-state index in [2.05, 4.69) is 0 Å². The second-order valence-corrected chi connectivity index (χ2v) is 2.73. The predicted octanol–water partition coefficient (Wildman–Crippen LogP) is 1.73. The van der Waals surface area contributed by atoms with Gasteiger partial charge in [0.25, 0.3) is 0 Å². The molecule has 1 rings (SSSR count). The van der Waals surface area contributed by atoms with E-state index in [9.17, 15) is 4.39 Å². The molecule has 12 heavy (non-hydrogen) atoms. The molecule has 0 heterocycles. The van der Waals surface area contributed by atoms with Crippen LogP contribution in [-0.2, 0) is 12.8 Å². The lowest BCUT2D eigenvalue weighted by molar-refractivity contribution is 0.299. The van der Waals surface area contributed by atoms with E-state index in [4.69, 9.17) is 5.11 Å². The van der Waals surface area contributed by atoms with E-state index < -0.39 is 0 Å². The number of aryl methyl sites for hydroxylation is 1. The Morgan fingerprint density at radius 3 is 1.92 bits per heavy atom. The van der Waals surface area contributed by atoms with Crippen LogP contribution in [0.15, 0.2) is 24.3 Å². The molecule has 0 spiro atoms. The van der Waals surface area contributed by atoms with E-state index in [1.165, 1.54) is 0 Å². The Hall–Kier alpha value is -0.890. The molecule has 1 aromatic carbocycles. The van der Waals surface area contributed by atoms with Crippen molar-refractivity contribution in [3.8, 4) is 0 Å². The molecule has 1 aromatic rings. The van der Waals surface area contributed by atoms with Gasteiger partial charge in [-0.05, 0) is 17.5 Å². The molecule has 2 heteroatoms. The standard InChI is InChI=1S/C10H13FO/c11-7-5-9-1-3-10(4-2-9)6-8-12/h1-4,12H,5-8H2. The van der Waals surface area contributed by atoms with E-state index in [1.807, 2.05) is 24.3 Å². The molecule has 0 atom stereocenters. The van der Waals surface area contributed by atoms with Gasteiger partial charge < -0.3 is 5.11 Å². The first kappa shape index (κ1) is 9.20. The maximum Gasteiger partial charge on any atom is 0.0934 e. The van der Waals surface area contributed by atoms with Crippen LogP contribution in [-0.4, -0.2) is 18.4 Å². The first-order chi connectivity index (χ1) is 5.86. The van der Waals surface area contributed by atoms with Gasteiger partial charge in [-0.25, -0.2) is 0 Å². The molecule has 66 valence electrons. The average Bonchev–Trinajstić information content (AvgIpc) is 2.09. The highest BCUT2D eigenvalue weighted by atomic mass is 19.1. The Labute approximate surface area is 71.9 Å². The van der Waals surface area contributed by atoms with Gasteiger partial charge in [-0.3, -0.25) is 4.39 Å². The van der Waals surface area contributed by atoms with E-state index in [0.29, 0.717) is 12.8 Å². The summed E-state index contributed by atoms with van der Waals surface area (Å²) in [4.78, 5) is 0. The van der Waals surface area contributed by atoms with Crippen molar-refractivity contribution in [2.24, 2.45) is 0 Å². The van der Waals surface area contributed by atoms with E-state index in [-0.39, 0.29) is 13.3 Å². The van der Waals surface area contributed by atoms with Crippen LogP contribution in [0.5, 0.6) is 0 Å². The normalized spacial score (nSPS) is 10.2. The lowest BCUT2D eigenvalue weighted by Gasteiger charge is -2.00. The molecule has 0 amide bonds. The summed E-state index contributed by atoms with van der Waals surface area (Å²) in [5.74, 6) is 0. The lowest BCUT2D eigenvalue weighted by Crippen LogP contribution is -1.91. The van der Waals surface area contributed by atoms with E-state index in [1.54, 1.807) is 0 Å². The van der Waals surface area contributed by atoms with Crippen LogP contribution in [0.2, 0.25) is 0 Å². The Morgan fingerprint density at radius 2 is 1.50 bits per heavy atom. The van der Waals surface area contributed by atoms with E-state index in [0.717, 1.165) is 11.1 Å². The third-order valence-corrected chi connectivity index (χ3v) is 1.81. The molecule has 0 radical (unpaired) electrons. The molecule has 1 nitrogen and oxygen atoms in total. The zero-order chi connectivity index (χ0) is 8.81. The van der Waals surface area contributed by atoms with Gasteiger partial charge in [-0.2, -0.15) is 0 Å². The Bertz CT molecular complexity index is 193. The van der Waals surface area contributed by atoms with Gasteiger partial charge >= 0.3 is 0 Å². The third kappa shape index (κ3) is 2.62. The minimum Gasteiger partial charge on any atom is -0.396 e. The maximum absolute atomic E-state index is 11.9. The first-order valence-electron chi connectivity index (χ1n) is 4.11. The number of benzene rings is 1. The van der Waals surface area contributed by atoms with Crippen LogP contribution < -0.4 is 0 Å². The summed E-state index contributed by atoms with van der Waals surface area (Å²) in [6.07, 6.45) is 1.16. The molecule has 0 aliphatic carbocycles. The Morgan fingerprint density at radius 1 is 1.00 bits per heavy atom. The summed E-state index contributed by atoms with van der Waals surface area (Å²) in [7, 11) is 0. The summed E-state index contributed by atoms with van der Waals surface area (Å²) < 4.78 is 11.9. The maximum atomic E-state index is 11.9. The number of rotatable bonds is 4. The molecule has 0 saturated carbocycles. The number of hydrogen-bond acceptors (Lipinski definition) is 1. The molecular formula is C10H13FO. The van der Waals surface area contributed by atoms with Crippen LogP contribution in [0.4, 0.5) is 4.39 Å². The SMILES string of the molecule is OCCc1ccc(CCF)cc1. The van der Waals surface area contributed by atoms with Crippen molar-refractivity contribution in [3.63, 3.8) is 0 Å². The fourth-order valence-corrected chi connectivity index (χ4v) is 1.11. The van der Waals surface area contributed by atoms with Gasteiger partial charge in [0.05, 0.1) is 6.67 Å². The Kier molecular flexibility index (Phi) is 3.74. The van der Waals surface area contributed by atoms with Gasteiger partial charge in [0.2, 0.25) is 0 Å². The third-order valence-electron chi connectivity index (χ3n) is 1.81. The number of alkyl halides is 1. The minimum atomic E-state index is -0.306. The highest BCUT2D eigenvalue weighted by molar-refractivity contribution is 5.22. The Balaban J connectivity index is 2.58. The summed E-state index contributed by atoms with van der Waals surface area (Å²) in [5.41, 5.74) is 2.11. The van der Waals surface area contributed by atoms with Crippen molar-refractivity contribution >= 4 is 0 Å². The summed E-state index contributed by atoms with van der Waals surface area (Å²) in [6, 6.07) is 7.68. The minimum absolute atomic E-state index is 0.169. The summed E-state index contributed by atoms with van der Waals surface area (Å²) in [6.45, 7) is -0.137. The predicted molar refractivity (Wildman–Crippen MR) is 46.9 cm³/mol. The number of halogens is 1. The molecule has 0 aliphatic heterocycles. The van der Waals surface area contributed by atoms with Crippen molar-refractivity contribution in [3.05, 3.63) is 35.4 Å². The van der Waals surface area contributed by atoms with Crippen LogP contribution in [0.25, 0.3) is 0 Å². The molecule has 0 bridgehead atoms. The van der Waals surface area contributed by atoms with Crippen molar-refractivity contribution in [1.82, 2.24) is 0 Å². The van der Waals surface area contributed by atoms with Gasteiger partial charge in [-0.15, -0.1) is 0 Å². The van der Waals surface area contributed by atoms with Crippen molar-refractivity contribution in [2.75, 3.05) is 13.3 Å². The van der Waals surface area contributed by atoms with Gasteiger partial charge in [-0.1, -0.05) is 24.3 Å². The molecule has 1 N–H and O–H groups in total. The zero-order valence-electron chi connectivity index (χ0n) is 6.96. The molecule has 0 unspecified atom stereocenters. The van der Waals surface area contributed by atoms with E-state index >= 15 is 0 Å².